The number of aliphatic carboxylic acids is 4. The molecule has 10 N–H and O–H groups in total. The van der Waals surface area contributed by atoms with Gasteiger partial charge in [-0.15, -0.1) is 12.4 Å². The van der Waals surface area contributed by atoms with Gasteiger partial charge < -0.3 is 51.3 Å². The van der Waals surface area contributed by atoms with Crippen LogP contribution in [0.5, 0.6) is 0 Å². The normalized spacial score (nSPS) is 23.8. The van der Waals surface area contributed by atoms with E-state index in [0.29, 0.717) is 0 Å². The zero-order valence-corrected chi connectivity index (χ0v) is 17.0. The molecule has 0 saturated carbocycles. The van der Waals surface area contributed by atoms with Gasteiger partial charge >= 0.3 is 0 Å². The minimum Gasteiger partial charge on any atom is -0.481 e. The molecule has 0 aliphatic carbocycles. The number of nitrogens with two attached hydrogens (primary N) is 1. The molecule has 1 saturated heterocycles. The molecule has 0 aromatic rings. The fourth-order valence-electron chi connectivity index (χ4n) is 1.12. The van der Waals surface area contributed by atoms with Gasteiger partial charge in [-0.2, -0.15) is 0 Å². The molecular weight excluding hydrogens is 426 g/mol. The highest BCUT2D eigenvalue weighted by atomic mass is 35.5. The van der Waals surface area contributed by atoms with E-state index in [1.807, 2.05) is 0 Å². The Morgan fingerprint density at radius 2 is 1.00 bits per heavy atom. The van der Waals surface area contributed by atoms with Crippen LogP contribution in [0.1, 0.15) is 27.7 Å². The van der Waals surface area contributed by atoms with Crippen molar-refractivity contribution >= 4 is 36.3 Å². The van der Waals surface area contributed by atoms with Crippen LogP contribution in [0.2, 0.25) is 0 Å². The molecule has 176 valence electrons. The summed E-state index contributed by atoms with van der Waals surface area (Å²) in [5.74, 6) is -3.33. The lowest BCUT2D eigenvalue weighted by atomic mass is 9.98. The molecule has 0 bridgehead atoms. The number of carbonyl (C=O) groups is 4. The van der Waals surface area contributed by atoms with Gasteiger partial charge in [-0.25, -0.2) is 0 Å². The largest absolute Gasteiger partial charge is 0.481 e. The lowest BCUT2D eigenvalue weighted by molar-refractivity contribution is -0.248. The Labute approximate surface area is 172 Å². The number of ether oxygens (including phenoxy) is 1. The second kappa shape index (κ2) is 22.2. The van der Waals surface area contributed by atoms with E-state index in [4.69, 9.17) is 60.3 Å². The van der Waals surface area contributed by atoms with Crippen LogP contribution in [0.4, 0.5) is 0 Å². The topological polar surface area (TPSA) is 265 Å². The van der Waals surface area contributed by atoms with E-state index >= 15 is 0 Å². The summed E-state index contributed by atoms with van der Waals surface area (Å²) in [6.45, 7) is 3.86. The van der Waals surface area contributed by atoms with Crippen LogP contribution >= 0.6 is 12.4 Å². The van der Waals surface area contributed by atoms with Gasteiger partial charge in [0, 0.05) is 27.7 Å². The summed E-state index contributed by atoms with van der Waals surface area (Å²) in [5, 5.41) is 65.7. The fourth-order valence-corrected chi connectivity index (χ4v) is 1.12. The molecule has 0 amide bonds. The fraction of sp³-hybridized carbons (Fsp3) is 0.714. The lowest BCUT2D eigenvalue weighted by Crippen LogP contribution is -2.61. The monoisotopic (exact) mass is 455 g/mol. The Bertz CT molecular complexity index is 394. The number of hydrogen-bond acceptors (Lipinski definition) is 10. The number of aliphatic hydroxyl groups is 4. The predicted octanol–water partition coefficient (Wildman–Crippen LogP) is -2.47. The minimum atomic E-state index is -1.35. The van der Waals surface area contributed by atoms with Crippen molar-refractivity contribution in [3.63, 3.8) is 0 Å². The van der Waals surface area contributed by atoms with Crippen molar-refractivity contribution in [3.05, 3.63) is 0 Å². The SMILES string of the molecule is CC(=O)O.CC(=O)O.CC(=O)O.CC(=O)O.Cl.N[C@@H]1[C@@H](O)[C@H](O)[C@@H](CO)O[C@H]1O. The molecule has 1 fully saturated rings. The minimum absolute atomic E-state index is 0. The standard InChI is InChI=1S/C6H13NO5.4C2H4O2.ClH/c7-3-5(10)4(9)2(1-8)12-6(3)11;4*1-2(3)4;/h2-6,8-11H,1,7H2;4*1H3,(H,3,4);1H/t2-,3-,4-,5-,6-;;;;;/m1...../s1. The van der Waals surface area contributed by atoms with Gasteiger partial charge in [0.05, 0.1) is 12.6 Å². The zero-order chi connectivity index (χ0) is 23.6. The van der Waals surface area contributed by atoms with Gasteiger partial charge in [0.25, 0.3) is 23.9 Å². The second-order valence-corrected chi connectivity index (χ2v) is 4.88. The highest BCUT2D eigenvalue weighted by Gasteiger charge is 2.41. The van der Waals surface area contributed by atoms with Gasteiger partial charge in [-0.05, 0) is 0 Å². The van der Waals surface area contributed by atoms with Crippen LogP contribution < -0.4 is 5.73 Å². The molecule has 0 aromatic heterocycles. The predicted molar refractivity (Wildman–Crippen MR) is 98.4 cm³/mol. The number of aliphatic hydroxyl groups excluding tert-OH is 4. The molecule has 15 heteroatoms. The summed E-state index contributed by atoms with van der Waals surface area (Å²) in [4.78, 5) is 36.0. The van der Waals surface area contributed by atoms with E-state index in [1.165, 1.54) is 0 Å². The molecule has 0 unspecified atom stereocenters. The van der Waals surface area contributed by atoms with E-state index in [2.05, 4.69) is 0 Å². The maximum Gasteiger partial charge on any atom is 0.300 e. The van der Waals surface area contributed by atoms with Gasteiger partial charge in [0.2, 0.25) is 0 Å². The second-order valence-electron chi connectivity index (χ2n) is 4.88. The summed E-state index contributed by atoms with van der Waals surface area (Å²) in [6, 6.07) is -1.04. The zero-order valence-electron chi connectivity index (χ0n) is 16.2. The first-order chi connectivity index (χ1) is 12.5. The van der Waals surface area contributed by atoms with Crippen molar-refractivity contribution in [1.29, 1.82) is 0 Å². The third kappa shape index (κ3) is 37.4. The molecule has 1 aliphatic heterocycles. The molecule has 1 heterocycles. The van der Waals surface area contributed by atoms with Gasteiger partial charge in [0.15, 0.2) is 6.29 Å². The lowest BCUT2D eigenvalue weighted by Gasteiger charge is -2.38. The summed E-state index contributed by atoms with van der Waals surface area (Å²) in [5.41, 5.74) is 5.26. The van der Waals surface area contributed by atoms with Crippen molar-refractivity contribution < 1.29 is 64.8 Å². The molecule has 29 heavy (non-hydrogen) atoms. The van der Waals surface area contributed by atoms with Crippen molar-refractivity contribution in [1.82, 2.24) is 0 Å². The molecular formula is C14H30ClNO13. The van der Waals surface area contributed by atoms with Crippen LogP contribution in [-0.4, -0.2) is 102 Å². The number of halogens is 1. The van der Waals surface area contributed by atoms with E-state index < -0.39 is 61.1 Å². The Kier molecular flexibility index (Phi) is 28.8. The molecule has 5 atom stereocenters. The summed E-state index contributed by atoms with van der Waals surface area (Å²) < 4.78 is 4.70. The molecule has 1 aliphatic rings. The first-order valence-corrected chi connectivity index (χ1v) is 7.35. The summed E-state index contributed by atoms with van der Waals surface area (Å²) in [6.07, 6.45) is -4.85. The Morgan fingerprint density at radius 3 is 1.21 bits per heavy atom. The maximum atomic E-state index is 9.20. The highest BCUT2D eigenvalue weighted by Crippen LogP contribution is 2.17. The number of rotatable bonds is 1. The van der Waals surface area contributed by atoms with Crippen molar-refractivity contribution in [2.45, 2.75) is 58.3 Å². The molecule has 0 aromatic carbocycles. The Hall–Kier alpha value is -2.07. The smallest absolute Gasteiger partial charge is 0.300 e. The Morgan fingerprint density at radius 1 is 0.759 bits per heavy atom. The van der Waals surface area contributed by atoms with E-state index in [0.717, 1.165) is 27.7 Å². The first-order valence-electron chi connectivity index (χ1n) is 7.35. The average molecular weight is 456 g/mol. The average Bonchev–Trinajstić information content (AvgIpc) is 2.46. The molecule has 14 nitrogen and oxygen atoms in total. The number of carboxylic acids is 4. The highest BCUT2D eigenvalue weighted by molar-refractivity contribution is 5.85. The van der Waals surface area contributed by atoms with Crippen LogP contribution in [0.15, 0.2) is 0 Å². The summed E-state index contributed by atoms with van der Waals surface area (Å²) >= 11 is 0. The first kappa shape index (κ1) is 37.6. The molecule has 0 radical (unpaired) electrons. The van der Waals surface area contributed by atoms with Gasteiger partial charge in [-0.1, -0.05) is 0 Å². The van der Waals surface area contributed by atoms with Gasteiger partial charge in [0.1, 0.15) is 18.3 Å². The van der Waals surface area contributed by atoms with Crippen molar-refractivity contribution in [3.8, 4) is 0 Å². The van der Waals surface area contributed by atoms with Crippen molar-refractivity contribution in [2.75, 3.05) is 6.61 Å². The summed E-state index contributed by atoms with van der Waals surface area (Å²) in [7, 11) is 0. The maximum absolute atomic E-state index is 9.20. The quantitative estimate of drug-likeness (QED) is 0.198. The van der Waals surface area contributed by atoms with E-state index in [9.17, 15) is 10.2 Å². The number of carboxylic acid groups (broad SMARTS) is 4. The van der Waals surface area contributed by atoms with Crippen LogP contribution in [0.25, 0.3) is 0 Å². The third-order valence-electron chi connectivity index (χ3n) is 1.95. The number of hydrogen-bond donors (Lipinski definition) is 9. The van der Waals surface area contributed by atoms with Crippen LogP contribution in [0.3, 0.4) is 0 Å². The molecule has 0 spiro atoms. The van der Waals surface area contributed by atoms with E-state index in [-0.39, 0.29) is 12.4 Å². The molecule has 1 rings (SSSR count). The van der Waals surface area contributed by atoms with Crippen molar-refractivity contribution in [2.24, 2.45) is 5.73 Å². The van der Waals surface area contributed by atoms with E-state index in [1.54, 1.807) is 0 Å². The van der Waals surface area contributed by atoms with Crippen LogP contribution in [0, 0.1) is 0 Å². The Balaban J connectivity index is -0.0000000949. The third-order valence-corrected chi connectivity index (χ3v) is 1.95. The van der Waals surface area contributed by atoms with Crippen LogP contribution in [-0.2, 0) is 23.9 Å². The van der Waals surface area contributed by atoms with Gasteiger partial charge in [-0.3, -0.25) is 19.2 Å².